The fourth-order valence-corrected chi connectivity index (χ4v) is 2.17. The van der Waals surface area contributed by atoms with Gasteiger partial charge in [-0.1, -0.05) is 19.1 Å². The van der Waals surface area contributed by atoms with E-state index in [1.165, 1.54) is 43.3 Å². The second kappa shape index (κ2) is 8.80. The van der Waals surface area contributed by atoms with Gasteiger partial charge in [-0.05, 0) is 18.2 Å². The van der Waals surface area contributed by atoms with Crippen LogP contribution in [0.5, 0.6) is 11.6 Å². The largest absolute Gasteiger partial charge is 0.481 e. The minimum absolute atomic E-state index is 0.0842. The highest BCUT2D eigenvalue weighted by atomic mass is 19.1. The Bertz CT molecular complexity index is 785. The number of ether oxygens (including phenoxy) is 1. The molecule has 2 N–H and O–H groups in total. The van der Waals surface area contributed by atoms with Gasteiger partial charge in [0.2, 0.25) is 5.88 Å². The number of benzene rings is 1. The summed E-state index contributed by atoms with van der Waals surface area (Å²) < 4.78 is 18.9. The van der Waals surface area contributed by atoms with Crippen LogP contribution in [-0.4, -0.2) is 40.6 Å². The van der Waals surface area contributed by atoms with Crippen molar-refractivity contribution >= 4 is 12.0 Å². The first-order valence-electron chi connectivity index (χ1n) is 7.96. The number of halogens is 1. The molecule has 0 spiro atoms. The zero-order valence-electron chi connectivity index (χ0n) is 14.5. The van der Waals surface area contributed by atoms with E-state index in [1.807, 2.05) is 0 Å². The molecule has 1 aromatic heterocycles. The van der Waals surface area contributed by atoms with Crippen molar-refractivity contribution < 1.29 is 23.8 Å². The van der Waals surface area contributed by atoms with E-state index in [9.17, 15) is 14.0 Å². The lowest BCUT2D eigenvalue weighted by atomic mass is 10.2. The molecule has 1 unspecified atom stereocenters. The quantitative estimate of drug-likeness (QED) is 0.791. The lowest BCUT2D eigenvalue weighted by molar-refractivity contribution is -0.141. The molecule has 0 saturated carbocycles. The van der Waals surface area contributed by atoms with Crippen LogP contribution in [0.3, 0.4) is 0 Å². The van der Waals surface area contributed by atoms with Gasteiger partial charge in [-0.15, -0.1) is 0 Å². The highest BCUT2D eigenvalue weighted by Gasteiger charge is 2.17. The zero-order valence-corrected chi connectivity index (χ0v) is 14.5. The summed E-state index contributed by atoms with van der Waals surface area (Å²) in [5, 5.41) is 11.6. The summed E-state index contributed by atoms with van der Waals surface area (Å²) in [6, 6.07) is 8.66. The number of carbonyl (C=O) groups excluding carboxylic acids is 1. The first kappa shape index (κ1) is 19.2. The van der Waals surface area contributed by atoms with Gasteiger partial charge in [0.15, 0.2) is 0 Å². The van der Waals surface area contributed by atoms with E-state index in [-0.39, 0.29) is 19.0 Å². The van der Waals surface area contributed by atoms with Gasteiger partial charge in [0, 0.05) is 38.0 Å². The van der Waals surface area contributed by atoms with Gasteiger partial charge in [-0.25, -0.2) is 14.2 Å². The number of nitrogens with zero attached hydrogens (tertiary/aromatic N) is 2. The SMILES string of the molecule is CC(CN(C)C(=O)NCc1cccnc1Oc1cccc(F)c1)C(=O)O. The Morgan fingerprint density at radius 2 is 2.12 bits per heavy atom. The monoisotopic (exact) mass is 361 g/mol. The highest BCUT2D eigenvalue weighted by molar-refractivity contribution is 5.75. The van der Waals surface area contributed by atoms with Crippen LogP contribution >= 0.6 is 0 Å². The summed E-state index contributed by atoms with van der Waals surface area (Å²) in [4.78, 5) is 28.4. The number of carbonyl (C=O) groups is 2. The number of hydrogen-bond acceptors (Lipinski definition) is 4. The number of nitrogens with one attached hydrogen (secondary N) is 1. The summed E-state index contributed by atoms with van der Waals surface area (Å²) in [7, 11) is 1.52. The minimum Gasteiger partial charge on any atom is -0.481 e. The maximum atomic E-state index is 13.3. The third-order valence-electron chi connectivity index (χ3n) is 3.61. The molecule has 0 aliphatic heterocycles. The normalized spacial score (nSPS) is 11.5. The molecule has 2 aromatic rings. The molecule has 1 heterocycles. The minimum atomic E-state index is -0.970. The Balaban J connectivity index is 1.99. The van der Waals surface area contributed by atoms with Crippen LogP contribution in [0.1, 0.15) is 12.5 Å². The van der Waals surface area contributed by atoms with Gasteiger partial charge < -0.3 is 20.1 Å². The van der Waals surface area contributed by atoms with Gasteiger partial charge in [0.1, 0.15) is 11.6 Å². The van der Waals surface area contributed by atoms with Crippen molar-refractivity contribution in [2.24, 2.45) is 5.92 Å². The van der Waals surface area contributed by atoms with E-state index in [4.69, 9.17) is 9.84 Å². The number of carboxylic acids is 1. The molecule has 0 aliphatic rings. The second-order valence-electron chi connectivity index (χ2n) is 5.81. The van der Waals surface area contributed by atoms with E-state index in [0.29, 0.717) is 11.3 Å². The summed E-state index contributed by atoms with van der Waals surface area (Å²) in [5.74, 6) is -1.52. The summed E-state index contributed by atoms with van der Waals surface area (Å²) in [6.45, 7) is 1.74. The van der Waals surface area contributed by atoms with E-state index in [2.05, 4.69) is 10.3 Å². The van der Waals surface area contributed by atoms with Gasteiger partial charge in [-0.3, -0.25) is 4.79 Å². The Kier molecular flexibility index (Phi) is 6.48. The van der Waals surface area contributed by atoms with Crippen LogP contribution in [0, 0.1) is 11.7 Å². The number of rotatable bonds is 7. The Labute approximate surface area is 150 Å². The van der Waals surface area contributed by atoms with E-state index < -0.39 is 23.7 Å². The number of pyridine rings is 1. The molecular formula is C18H20FN3O4. The van der Waals surface area contributed by atoms with Gasteiger partial charge >= 0.3 is 12.0 Å². The molecule has 8 heteroatoms. The zero-order chi connectivity index (χ0) is 19.1. The average molecular weight is 361 g/mol. The van der Waals surface area contributed by atoms with Crippen molar-refractivity contribution in [3.05, 3.63) is 54.0 Å². The molecule has 2 rings (SSSR count). The lowest BCUT2D eigenvalue weighted by Gasteiger charge is -2.20. The number of urea groups is 1. The third kappa shape index (κ3) is 5.44. The van der Waals surface area contributed by atoms with Crippen LogP contribution in [0.15, 0.2) is 42.6 Å². The maximum Gasteiger partial charge on any atom is 0.317 e. The smallest absolute Gasteiger partial charge is 0.317 e. The van der Waals surface area contributed by atoms with Gasteiger partial charge in [0.25, 0.3) is 0 Å². The van der Waals surface area contributed by atoms with Crippen LogP contribution in [-0.2, 0) is 11.3 Å². The Morgan fingerprint density at radius 3 is 2.81 bits per heavy atom. The molecule has 1 aromatic carbocycles. The molecular weight excluding hydrogens is 341 g/mol. The van der Waals surface area contributed by atoms with E-state index >= 15 is 0 Å². The fourth-order valence-electron chi connectivity index (χ4n) is 2.17. The summed E-state index contributed by atoms with van der Waals surface area (Å²) in [6.07, 6.45) is 1.53. The van der Waals surface area contributed by atoms with Crippen molar-refractivity contribution in [3.8, 4) is 11.6 Å². The maximum absolute atomic E-state index is 13.3. The third-order valence-corrected chi connectivity index (χ3v) is 3.61. The van der Waals surface area contributed by atoms with Crippen molar-refractivity contribution in [2.75, 3.05) is 13.6 Å². The van der Waals surface area contributed by atoms with Crippen molar-refractivity contribution in [3.63, 3.8) is 0 Å². The molecule has 0 aliphatic carbocycles. The molecule has 138 valence electrons. The molecule has 1 atom stereocenters. The molecule has 26 heavy (non-hydrogen) atoms. The Morgan fingerprint density at radius 1 is 1.35 bits per heavy atom. The standard InChI is InChI=1S/C18H20FN3O4/c1-12(17(23)24)11-22(2)18(25)21-10-13-5-4-8-20-16(13)26-15-7-3-6-14(19)9-15/h3-9,12H,10-11H2,1-2H3,(H,21,25)(H,23,24). The molecule has 0 saturated heterocycles. The number of carboxylic acid groups (broad SMARTS) is 1. The molecule has 7 nitrogen and oxygen atoms in total. The van der Waals surface area contributed by atoms with Crippen molar-refractivity contribution in [1.29, 1.82) is 0 Å². The first-order valence-corrected chi connectivity index (χ1v) is 7.96. The van der Waals surface area contributed by atoms with Crippen molar-refractivity contribution in [2.45, 2.75) is 13.5 Å². The summed E-state index contributed by atoms with van der Waals surface area (Å²) >= 11 is 0. The molecule has 2 amide bonds. The van der Waals surface area contributed by atoms with Gasteiger partial charge in [-0.2, -0.15) is 0 Å². The predicted octanol–water partition coefficient (Wildman–Crippen LogP) is 2.88. The van der Waals surface area contributed by atoms with Crippen LogP contribution in [0.4, 0.5) is 9.18 Å². The van der Waals surface area contributed by atoms with Gasteiger partial charge in [0.05, 0.1) is 5.92 Å². The Hall–Kier alpha value is -3.16. The van der Waals surface area contributed by atoms with Crippen LogP contribution < -0.4 is 10.1 Å². The fraction of sp³-hybridized carbons (Fsp3) is 0.278. The lowest BCUT2D eigenvalue weighted by Crippen LogP contribution is -2.40. The molecule has 0 bridgehead atoms. The second-order valence-corrected chi connectivity index (χ2v) is 5.81. The van der Waals surface area contributed by atoms with E-state index in [0.717, 1.165) is 0 Å². The number of aliphatic carboxylic acids is 1. The highest BCUT2D eigenvalue weighted by Crippen LogP contribution is 2.23. The van der Waals surface area contributed by atoms with Crippen LogP contribution in [0.25, 0.3) is 0 Å². The number of hydrogen-bond donors (Lipinski definition) is 2. The average Bonchev–Trinajstić information content (AvgIpc) is 2.60. The number of aromatic nitrogens is 1. The predicted molar refractivity (Wildman–Crippen MR) is 92.4 cm³/mol. The first-order chi connectivity index (χ1) is 12.4. The van der Waals surface area contributed by atoms with Crippen molar-refractivity contribution in [1.82, 2.24) is 15.2 Å². The number of amides is 2. The molecule has 0 fully saturated rings. The van der Waals surface area contributed by atoms with E-state index in [1.54, 1.807) is 18.2 Å². The topological polar surface area (TPSA) is 91.8 Å². The summed E-state index contributed by atoms with van der Waals surface area (Å²) in [5.41, 5.74) is 0.602. The molecule has 0 radical (unpaired) electrons. The van der Waals surface area contributed by atoms with Crippen LogP contribution in [0.2, 0.25) is 0 Å².